The lowest BCUT2D eigenvalue weighted by Crippen LogP contribution is -2.92. The third-order valence-electron chi connectivity index (χ3n) is 8.98. The van der Waals surface area contributed by atoms with E-state index in [9.17, 15) is 19.8 Å². The second-order valence-electron chi connectivity index (χ2n) is 12.2. The van der Waals surface area contributed by atoms with Crippen molar-refractivity contribution < 1.29 is 34.1 Å². The zero-order valence-corrected chi connectivity index (χ0v) is 23.8. The third kappa shape index (κ3) is 4.14. The Morgan fingerprint density at radius 3 is 2.69 bits per heavy atom. The first-order valence-electron chi connectivity index (χ1n) is 14.1. The highest BCUT2D eigenvalue weighted by Gasteiger charge is 2.78. The second kappa shape index (κ2) is 9.60. The molecule has 2 aromatic carbocycles. The number of hydrogen-bond donors (Lipinski definition) is 9. The fourth-order valence-electron chi connectivity index (χ4n) is 6.69. The topological polar surface area (TPSA) is 201 Å². The van der Waals surface area contributed by atoms with Gasteiger partial charge < -0.3 is 25.6 Å². The summed E-state index contributed by atoms with van der Waals surface area (Å²) in [5, 5.41) is 35.4. The molecule has 1 spiro atoms. The number of amides is 2. The van der Waals surface area contributed by atoms with E-state index in [2.05, 4.69) is 40.1 Å². The minimum absolute atomic E-state index is 0.0419. The van der Waals surface area contributed by atoms with Crippen molar-refractivity contribution in [2.24, 2.45) is 11.5 Å². The molecule has 1 unspecified atom stereocenters. The highest BCUT2D eigenvalue weighted by atomic mass is 16.5. The maximum absolute atomic E-state index is 13.6. The summed E-state index contributed by atoms with van der Waals surface area (Å²) in [6.45, 7) is 6.62. The average molecular weight is 579 g/mol. The molecule has 4 aliphatic rings. The van der Waals surface area contributed by atoms with Crippen LogP contribution < -0.4 is 42.5 Å². The number of aryl methyl sites for hydroxylation is 1. The number of nitrogens with one attached hydrogen (secondary N) is 5. The number of nitrogens with two attached hydrogens (primary N) is 2. The molecule has 4 aliphatic heterocycles. The van der Waals surface area contributed by atoms with E-state index in [4.69, 9.17) is 16.2 Å². The van der Waals surface area contributed by atoms with Crippen molar-refractivity contribution in [1.29, 1.82) is 0 Å². The second-order valence-corrected chi connectivity index (χ2v) is 12.2. The Bertz CT molecular complexity index is 1540. The number of rotatable bonds is 5. The van der Waals surface area contributed by atoms with Gasteiger partial charge >= 0.3 is 11.9 Å². The van der Waals surface area contributed by atoms with E-state index in [1.807, 2.05) is 19.1 Å². The number of hydrogen-bond acceptors (Lipinski definition) is 9. The molecule has 0 radical (unpaired) electrons. The lowest BCUT2D eigenvalue weighted by molar-refractivity contribution is -0.674. The molecular weight excluding hydrogens is 540 g/mol. The molecule has 6 rings (SSSR count). The number of ether oxygens (including phenoxy) is 1. The van der Waals surface area contributed by atoms with Gasteiger partial charge in [-0.3, -0.25) is 31.4 Å². The van der Waals surface area contributed by atoms with Gasteiger partial charge in [0, 0.05) is 11.1 Å². The van der Waals surface area contributed by atoms with Gasteiger partial charge in [0.1, 0.15) is 17.8 Å². The molecule has 1 fully saturated rings. The number of fused-ring (bicyclic) bond motifs is 1. The average Bonchev–Trinajstić information content (AvgIpc) is 3.40. The Morgan fingerprint density at radius 2 is 1.93 bits per heavy atom. The van der Waals surface area contributed by atoms with Gasteiger partial charge in [-0.2, -0.15) is 0 Å². The van der Waals surface area contributed by atoms with Gasteiger partial charge in [0.25, 0.3) is 23.3 Å². The molecule has 11 N–H and O–H groups in total. The predicted molar refractivity (Wildman–Crippen MR) is 153 cm³/mol. The third-order valence-corrected chi connectivity index (χ3v) is 8.98. The molecule has 42 heavy (non-hydrogen) atoms. The molecule has 1 saturated heterocycles. The maximum atomic E-state index is 13.6. The Kier molecular flexibility index (Phi) is 6.35. The van der Waals surface area contributed by atoms with Crippen molar-refractivity contribution in [3.8, 4) is 5.75 Å². The zero-order valence-electron chi connectivity index (χ0n) is 23.8. The van der Waals surface area contributed by atoms with E-state index in [0.717, 1.165) is 17.5 Å². The summed E-state index contributed by atoms with van der Waals surface area (Å²) in [6, 6.07) is 10.0. The largest absolute Gasteiger partial charge is 0.492 e. The molecular formula is C29H38N8O5+2. The minimum atomic E-state index is -2.55. The SMILES string of the molecule is Cc1cccc(C(=O)NC[C@@H]2NC(N)=[N+]3CC(NC(=O)c4cccc5c4OCCC5(C)C)C(O)(O)[C@@]34NC(N)=[NH+][C@@H]24)c1. The summed E-state index contributed by atoms with van der Waals surface area (Å²) in [7, 11) is 0. The fraction of sp³-hybridized carbons (Fsp3) is 0.448. The molecule has 2 aromatic rings. The first-order chi connectivity index (χ1) is 19.8. The number of guanidine groups is 2. The van der Waals surface area contributed by atoms with Crippen LogP contribution in [-0.4, -0.2) is 87.8 Å². The number of carbonyl (C=O) groups is 2. The van der Waals surface area contributed by atoms with Crippen LogP contribution in [0.25, 0.3) is 0 Å². The van der Waals surface area contributed by atoms with E-state index in [1.165, 1.54) is 0 Å². The quantitative estimate of drug-likeness (QED) is 0.128. The lowest BCUT2D eigenvalue weighted by Gasteiger charge is -2.41. The van der Waals surface area contributed by atoms with Crippen LogP contribution >= 0.6 is 0 Å². The molecule has 222 valence electrons. The number of benzene rings is 2. The van der Waals surface area contributed by atoms with E-state index < -0.39 is 35.5 Å². The smallest absolute Gasteiger partial charge is 0.347 e. The molecule has 13 heteroatoms. The summed E-state index contributed by atoms with van der Waals surface area (Å²) in [6.07, 6.45) is 0.814. The molecule has 0 bridgehead atoms. The van der Waals surface area contributed by atoms with Gasteiger partial charge in [0.05, 0.1) is 25.3 Å². The monoisotopic (exact) mass is 578 g/mol. The van der Waals surface area contributed by atoms with Crippen molar-refractivity contribution in [1.82, 2.24) is 21.3 Å². The van der Waals surface area contributed by atoms with E-state index in [-0.39, 0.29) is 36.3 Å². The van der Waals surface area contributed by atoms with Crippen LogP contribution in [-0.2, 0) is 5.41 Å². The van der Waals surface area contributed by atoms with Crippen LogP contribution in [0.3, 0.4) is 0 Å². The van der Waals surface area contributed by atoms with Crippen LogP contribution in [0.5, 0.6) is 5.75 Å². The summed E-state index contributed by atoms with van der Waals surface area (Å²) in [4.78, 5) is 29.6. The number of aliphatic hydroxyl groups is 2. The van der Waals surface area contributed by atoms with E-state index >= 15 is 0 Å². The van der Waals surface area contributed by atoms with Crippen LogP contribution in [0, 0.1) is 6.92 Å². The molecule has 0 saturated carbocycles. The standard InChI is InChI=1S/C29H36N8O5/c1-15-6-4-7-16(12-15)23(38)32-13-19-22-28(36-25(30)35-22)29(40,41)20(14-37(28)26(31)33-19)34-24(39)17-8-5-9-18-21(17)42-11-10-27(18,2)3/h4-9,12,19-20,22,40-41H,10-11,13-14H2,1-3H3,(H7,30,31,32,33,34,35,36,38,39)/p+2/t19-,20?,22-,28-/m0/s1. The Morgan fingerprint density at radius 1 is 1.17 bits per heavy atom. The molecule has 0 aromatic heterocycles. The minimum Gasteiger partial charge on any atom is -0.492 e. The van der Waals surface area contributed by atoms with Crippen LogP contribution in [0.2, 0.25) is 0 Å². The first-order valence-corrected chi connectivity index (χ1v) is 14.1. The predicted octanol–water partition coefficient (Wildman–Crippen LogP) is -3.36. The van der Waals surface area contributed by atoms with E-state index in [0.29, 0.717) is 23.5 Å². The molecule has 0 aliphatic carbocycles. The Hall–Kier alpha value is -4.36. The van der Waals surface area contributed by atoms with Gasteiger partial charge in [0.2, 0.25) is 0 Å². The van der Waals surface area contributed by atoms with Crippen LogP contribution in [0.1, 0.15) is 52.1 Å². The number of carbonyl (C=O) groups excluding carboxylic acids is 2. The molecule has 4 heterocycles. The van der Waals surface area contributed by atoms with Crippen molar-refractivity contribution in [2.75, 3.05) is 19.7 Å². The van der Waals surface area contributed by atoms with Crippen LogP contribution in [0.15, 0.2) is 42.5 Å². The summed E-state index contributed by atoms with van der Waals surface area (Å²) in [5.41, 5.74) is 13.4. The van der Waals surface area contributed by atoms with Crippen molar-refractivity contribution in [3.05, 3.63) is 64.7 Å². The highest BCUT2D eigenvalue weighted by Crippen LogP contribution is 2.41. The maximum Gasteiger partial charge on any atom is 0.347 e. The van der Waals surface area contributed by atoms with Crippen LogP contribution in [0.4, 0.5) is 0 Å². The zero-order chi connectivity index (χ0) is 30.0. The number of nitrogens with zero attached hydrogens (tertiary/aromatic N) is 1. The summed E-state index contributed by atoms with van der Waals surface area (Å²) in [5.74, 6) is -2.62. The summed E-state index contributed by atoms with van der Waals surface area (Å²) < 4.78 is 7.46. The molecule has 2 amide bonds. The lowest BCUT2D eigenvalue weighted by atomic mass is 9.79. The van der Waals surface area contributed by atoms with Gasteiger partial charge in [-0.25, -0.2) is 9.89 Å². The van der Waals surface area contributed by atoms with E-state index in [1.54, 1.807) is 34.9 Å². The van der Waals surface area contributed by atoms with Gasteiger partial charge in [-0.05, 0) is 37.0 Å². The number of para-hydroxylation sites is 1. The van der Waals surface area contributed by atoms with Crippen molar-refractivity contribution in [3.63, 3.8) is 0 Å². The molecule has 13 nitrogen and oxygen atoms in total. The highest BCUT2D eigenvalue weighted by molar-refractivity contribution is 5.98. The Labute approximate surface area is 243 Å². The van der Waals surface area contributed by atoms with Gasteiger partial charge in [-0.1, -0.05) is 43.7 Å². The van der Waals surface area contributed by atoms with Crippen molar-refractivity contribution in [2.45, 2.75) is 62.2 Å². The normalized spacial score (nSPS) is 28.2. The summed E-state index contributed by atoms with van der Waals surface area (Å²) >= 11 is 0. The molecule has 4 atom stereocenters. The Balaban J connectivity index is 1.27. The van der Waals surface area contributed by atoms with Gasteiger partial charge in [-0.15, -0.1) is 0 Å². The first kappa shape index (κ1) is 27.8. The van der Waals surface area contributed by atoms with Crippen molar-refractivity contribution >= 4 is 23.7 Å². The fourth-order valence-corrected chi connectivity index (χ4v) is 6.69. The van der Waals surface area contributed by atoms with Gasteiger partial charge in [0.15, 0.2) is 6.04 Å².